The highest BCUT2D eigenvalue weighted by molar-refractivity contribution is 6.18. The summed E-state index contributed by atoms with van der Waals surface area (Å²) in [5.74, 6) is 0.697. The summed E-state index contributed by atoms with van der Waals surface area (Å²) < 4.78 is 4.84. The van der Waals surface area contributed by atoms with Crippen molar-refractivity contribution in [1.82, 2.24) is 19.1 Å². The van der Waals surface area contributed by atoms with Crippen molar-refractivity contribution in [3.63, 3.8) is 0 Å². The van der Waals surface area contributed by atoms with E-state index in [-0.39, 0.29) is 0 Å². The van der Waals surface area contributed by atoms with E-state index in [1.54, 1.807) is 0 Å². The zero-order chi connectivity index (χ0) is 41.2. The van der Waals surface area contributed by atoms with Gasteiger partial charge < -0.3 is 4.57 Å². The van der Waals surface area contributed by atoms with Gasteiger partial charge in [0.05, 0.1) is 33.0 Å². The lowest BCUT2D eigenvalue weighted by molar-refractivity contribution is 0.794. The number of hydrogen-bond donors (Lipinski definition) is 0. The van der Waals surface area contributed by atoms with Crippen LogP contribution < -0.4 is 0 Å². The third-order valence-corrected chi connectivity index (χ3v) is 13.7. The van der Waals surface area contributed by atoms with E-state index in [0.717, 1.165) is 50.1 Å². The van der Waals surface area contributed by atoms with Crippen LogP contribution in [0.3, 0.4) is 0 Å². The number of fused-ring (bicyclic) bond motifs is 17. The predicted octanol–water partition coefficient (Wildman–Crippen LogP) is 14.3. The maximum Gasteiger partial charge on any atom is 0.162 e. The lowest BCUT2D eigenvalue weighted by Crippen LogP contribution is -2.25. The van der Waals surface area contributed by atoms with Crippen LogP contribution in [0.25, 0.3) is 100 Å². The van der Waals surface area contributed by atoms with E-state index in [0.29, 0.717) is 5.82 Å². The maximum absolute atomic E-state index is 5.43. The molecule has 0 bridgehead atoms. The van der Waals surface area contributed by atoms with E-state index in [1.165, 1.54) is 66.3 Å². The molecule has 2 aliphatic rings. The van der Waals surface area contributed by atoms with Gasteiger partial charge in [-0.3, -0.25) is 4.57 Å². The van der Waals surface area contributed by atoms with E-state index in [2.05, 4.69) is 221 Å². The van der Waals surface area contributed by atoms with Gasteiger partial charge in [-0.15, -0.1) is 0 Å². The molecule has 14 rings (SSSR count). The first-order valence-electron chi connectivity index (χ1n) is 21.7. The summed E-state index contributed by atoms with van der Waals surface area (Å²) in [7, 11) is 0. The molecule has 4 heteroatoms. The molecule has 0 saturated carbocycles. The van der Waals surface area contributed by atoms with Crippen molar-refractivity contribution in [1.29, 1.82) is 0 Å². The van der Waals surface area contributed by atoms with Crippen LogP contribution in [0.4, 0.5) is 0 Å². The molecule has 0 N–H and O–H groups in total. The first-order chi connectivity index (χ1) is 31.3. The second-order valence-corrected chi connectivity index (χ2v) is 16.8. The smallest absolute Gasteiger partial charge is 0.162 e. The Labute approximate surface area is 363 Å². The summed E-state index contributed by atoms with van der Waals surface area (Å²) in [6.07, 6.45) is 0. The fourth-order valence-corrected chi connectivity index (χ4v) is 11.3. The number of nitrogens with zero attached hydrogens (tertiary/aromatic N) is 4. The molecule has 2 aliphatic carbocycles. The van der Waals surface area contributed by atoms with Gasteiger partial charge in [-0.2, -0.15) is 0 Å². The minimum Gasteiger partial charge on any atom is -0.309 e. The summed E-state index contributed by atoms with van der Waals surface area (Å²) in [5.41, 5.74) is 19.5. The molecule has 3 heterocycles. The van der Waals surface area contributed by atoms with Gasteiger partial charge in [0.1, 0.15) is 5.65 Å². The lowest BCUT2D eigenvalue weighted by atomic mass is 9.70. The second kappa shape index (κ2) is 12.8. The van der Waals surface area contributed by atoms with Gasteiger partial charge in [-0.25, -0.2) is 9.97 Å². The molecular weight excluding hydrogens is 765 g/mol. The summed E-state index contributed by atoms with van der Waals surface area (Å²) in [5, 5.41) is 4.59. The van der Waals surface area contributed by atoms with Gasteiger partial charge in [0.25, 0.3) is 0 Å². The largest absolute Gasteiger partial charge is 0.309 e. The van der Waals surface area contributed by atoms with Gasteiger partial charge in [0.15, 0.2) is 5.82 Å². The van der Waals surface area contributed by atoms with Crippen LogP contribution in [0, 0.1) is 0 Å². The van der Waals surface area contributed by atoms with E-state index < -0.39 is 5.41 Å². The fourth-order valence-electron chi connectivity index (χ4n) is 11.3. The average molecular weight is 801 g/mol. The molecule has 0 amide bonds. The van der Waals surface area contributed by atoms with Gasteiger partial charge in [-0.05, 0) is 75.3 Å². The van der Waals surface area contributed by atoms with Crippen LogP contribution in [-0.4, -0.2) is 19.1 Å². The molecule has 9 aromatic carbocycles. The first kappa shape index (κ1) is 34.4. The van der Waals surface area contributed by atoms with Crippen molar-refractivity contribution in [3.8, 4) is 56.3 Å². The molecule has 292 valence electrons. The van der Waals surface area contributed by atoms with Crippen molar-refractivity contribution in [3.05, 3.63) is 241 Å². The standard InChI is InChI=1S/C59H36N4/c1-4-18-37(19-5-1)55-54-46-36-40(32-35-52(46)63(39-22-8-3-9-23-39)58(54)61-57(60-55)38-20-6-2-7-21-38)62-51-31-17-13-26-43(51)44-33-34-50-53(56(44)62)45-27-12-16-30-49(45)59(50)47-28-14-10-24-41(47)42-25-11-15-29-48(42)59/h1-36H. The minimum absolute atomic E-state index is 0.444. The maximum atomic E-state index is 5.43. The highest BCUT2D eigenvalue weighted by atomic mass is 15.1. The van der Waals surface area contributed by atoms with Crippen LogP contribution in [0.15, 0.2) is 218 Å². The molecule has 0 saturated heterocycles. The molecule has 0 fully saturated rings. The number of rotatable bonds is 4. The zero-order valence-electron chi connectivity index (χ0n) is 34.1. The van der Waals surface area contributed by atoms with E-state index in [4.69, 9.17) is 9.97 Å². The van der Waals surface area contributed by atoms with Crippen molar-refractivity contribution >= 4 is 43.7 Å². The summed E-state index contributed by atoms with van der Waals surface area (Å²) in [6, 6.07) is 79.4. The quantitative estimate of drug-likeness (QED) is 0.178. The number of aromatic nitrogens is 4. The molecule has 0 atom stereocenters. The van der Waals surface area contributed by atoms with E-state index >= 15 is 0 Å². The summed E-state index contributed by atoms with van der Waals surface area (Å²) in [6.45, 7) is 0. The highest BCUT2D eigenvalue weighted by Gasteiger charge is 2.52. The van der Waals surface area contributed by atoms with Crippen molar-refractivity contribution in [2.75, 3.05) is 0 Å². The molecule has 1 spiro atoms. The molecule has 0 aliphatic heterocycles. The molecule has 0 unspecified atom stereocenters. The molecule has 12 aromatic rings. The molecule has 3 aromatic heterocycles. The topological polar surface area (TPSA) is 35.6 Å². The third-order valence-electron chi connectivity index (χ3n) is 13.7. The van der Waals surface area contributed by atoms with Crippen LogP contribution in [-0.2, 0) is 5.41 Å². The Morgan fingerprint density at radius 2 is 0.937 bits per heavy atom. The van der Waals surface area contributed by atoms with Crippen molar-refractivity contribution in [2.45, 2.75) is 5.41 Å². The highest BCUT2D eigenvalue weighted by Crippen LogP contribution is 2.64. The Balaban J connectivity index is 1.12. The van der Waals surface area contributed by atoms with Gasteiger partial charge in [0, 0.05) is 44.2 Å². The number of para-hydroxylation sites is 2. The Morgan fingerprint density at radius 3 is 1.65 bits per heavy atom. The van der Waals surface area contributed by atoms with E-state index in [1.807, 2.05) is 6.07 Å². The van der Waals surface area contributed by atoms with Crippen LogP contribution >= 0.6 is 0 Å². The fraction of sp³-hybridized carbons (Fsp3) is 0.0169. The SMILES string of the molecule is c1ccc(-c2nc(-c3ccccc3)c3c4cc(-n5c6ccccc6c6ccc7c(c65)-c5ccccc5C75c6ccccc6-c6ccccc65)ccc4n(-c4ccccc4)c3n2)cc1. The van der Waals surface area contributed by atoms with Crippen molar-refractivity contribution < 1.29 is 0 Å². The summed E-state index contributed by atoms with van der Waals surface area (Å²) >= 11 is 0. The first-order valence-corrected chi connectivity index (χ1v) is 21.7. The minimum atomic E-state index is -0.444. The second-order valence-electron chi connectivity index (χ2n) is 16.8. The Kier molecular flexibility index (Phi) is 7.01. The van der Waals surface area contributed by atoms with Crippen LogP contribution in [0.1, 0.15) is 22.3 Å². The Hall–Kier alpha value is -8.34. The van der Waals surface area contributed by atoms with Gasteiger partial charge in [0.2, 0.25) is 0 Å². The van der Waals surface area contributed by atoms with Crippen LogP contribution in [0.5, 0.6) is 0 Å². The Bertz CT molecular complexity index is 3800. The molecular formula is C59H36N4. The van der Waals surface area contributed by atoms with Gasteiger partial charge in [-0.1, -0.05) is 182 Å². The normalized spacial score (nSPS) is 13.2. The van der Waals surface area contributed by atoms with E-state index in [9.17, 15) is 0 Å². The van der Waals surface area contributed by atoms with Gasteiger partial charge >= 0.3 is 0 Å². The van der Waals surface area contributed by atoms with Crippen molar-refractivity contribution in [2.24, 2.45) is 0 Å². The zero-order valence-corrected chi connectivity index (χ0v) is 34.1. The Morgan fingerprint density at radius 1 is 0.365 bits per heavy atom. The lowest BCUT2D eigenvalue weighted by Gasteiger charge is -2.30. The third kappa shape index (κ3) is 4.54. The summed E-state index contributed by atoms with van der Waals surface area (Å²) in [4.78, 5) is 10.8. The number of benzene rings is 9. The molecule has 63 heavy (non-hydrogen) atoms. The number of hydrogen-bond acceptors (Lipinski definition) is 2. The average Bonchev–Trinajstić information content (AvgIpc) is 4.06. The molecule has 0 radical (unpaired) electrons. The monoisotopic (exact) mass is 800 g/mol. The molecule has 4 nitrogen and oxygen atoms in total. The predicted molar refractivity (Wildman–Crippen MR) is 258 cm³/mol. The van der Waals surface area contributed by atoms with Crippen LogP contribution in [0.2, 0.25) is 0 Å².